The highest BCUT2D eigenvalue weighted by atomic mass is 16.3. The SMILES string of the molecule is NC(=O)C1(O)CCCN(CC(=O)NCCC2=CCCCC2)C1. The van der Waals surface area contributed by atoms with Crippen LogP contribution in [0.1, 0.15) is 44.9 Å². The van der Waals surface area contributed by atoms with Crippen molar-refractivity contribution in [3.05, 3.63) is 11.6 Å². The third kappa shape index (κ3) is 4.81. The average molecular weight is 309 g/mol. The lowest BCUT2D eigenvalue weighted by atomic mass is 9.92. The Morgan fingerprint density at radius 2 is 2.18 bits per heavy atom. The molecule has 2 aliphatic rings. The molecule has 0 aromatic heterocycles. The van der Waals surface area contributed by atoms with Gasteiger partial charge in [-0.15, -0.1) is 0 Å². The van der Waals surface area contributed by atoms with Crippen LogP contribution < -0.4 is 11.1 Å². The van der Waals surface area contributed by atoms with E-state index >= 15 is 0 Å². The Morgan fingerprint density at radius 1 is 1.36 bits per heavy atom. The van der Waals surface area contributed by atoms with Crippen LogP contribution in [0.15, 0.2) is 11.6 Å². The summed E-state index contributed by atoms with van der Waals surface area (Å²) in [5, 5.41) is 13.0. The third-order valence-electron chi connectivity index (χ3n) is 4.53. The summed E-state index contributed by atoms with van der Waals surface area (Å²) in [6, 6.07) is 0. The molecule has 0 aromatic carbocycles. The van der Waals surface area contributed by atoms with Gasteiger partial charge in [0.25, 0.3) is 5.91 Å². The zero-order chi connectivity index (χ0) is 16.0. The van der Waals surface area contributed by atoms with Crippen molar-refractivity contribution in [1.29, 1.82) is 0 Å². The first kappa shape index (κ1) is 17.0. The Balaban J connectivity index is 1.70. The van der Waals surface area contributed by atoms with Crippen LogP contribution in [0.3, 0.4) is 0 Å². The first-order valence-corrected chi connectivity index (χ1v) is 8.19. The molecule has 2 rings (SSSR count). The summed E-state index contributed by atoms with van der Waals surface area (Å²) < 4.78 is 0. The van der Waals surface area contributed by atoms with Crippen molar-refractivity contribution in [3.63, 3.8) is 0 Å². The van der Waals surface area contributed by atoms with Gasteiger partial charge in [0.15, 0.2) is 5.60 Å². The van der Waals surface area contributed by atoms with E-state index in [0.717, 1.165) is 19.3 Å². The highest BCUT2D eigenvalue weighted by molar-refractivity contribution is 5.84. The molecule has 6 nitrogen and oxygen atoms in total. The Kier molecular flexibility index (Phi) is 5.97. The number of primary amides is 1. The minimum atomic E-state index is -1.49. The second kappa shape index (κ2) is 7.74. The number of amides is 2. The summed E-state index contributed by atoms with van der Waals surface area (Å²) in [7, 11) is 0. The molecule has 6 heteroatoms. The Hall–Kier alpha value is -1.40. The maximum atomic E-state index is 12.0. The minimum absolute atomic E-state index is 0.0647. The molecule has 0 saturated carbocycles. The van der Waals surface area contributed by atoms with E-state index in [9.17, 15) is 14.7 Å². The molecule has 124 valence electrons. The summed E-state index contributed by atoms with van der Waals surface area (Å²) in [5.41, 5.74) is 5.18. The number of piperidine rings is 1. The van der Waals surface area contributed by atoms with Gasteiger partial charge in [0.05, 0.1) is 6.54 Å². The van der Waals surface area contributed by atoms with Crippen molar-refractivity contribution in [2.75, 3.05) is 26.2 Å². The summed E-state index contributed by atoms with van der Waals surface area (Å²) in [4.78, 5) is 25.1. The number of β-amino-alcohol motifs (C(OH)–C–C–N with tert-alkyl or cyclic N) is 1. The highest BCUT2D eigenvalue weighted by Crippen LogP contribution is 2.21. The number of carbonyl (C=O) groups is 2. The first-order valence-electron chi connectivity index (χ1n) is 8.19. The number of nitrogens with one attached hydrogen (secondary N) is 1. The van der Waals surface area contributed by atoms with E-state index in [4.69, 9.17) is 5.73 Å². The number of aliphatic hydroxyl groups is 1. The average Bonchev–Trinajstić information content (AvgIpc) is 2.48. The van der Waals surface area contributed by atoms with Crippen LogP contribution in [0.5, 0.6) is 0 Å². The Labute approximate surface area is 131 Å². The quantitative estimate of drug-likeness (QED) is 0.615. The van der Waals surface area contributed by atoms with Crippen molar-refractivity contribution < 1.29 is 14.7 Å². The maximum absolute atomic E-state index is 12.0. The lowest BCUT2D eigenvalue weighted by Crippen LogP contribution is -2.57. The van der Waals surface area contributed by atoms with E-state index in [2.05, 4.69) is 11.4 Å². The van der Waals surface area contributed by atoms with Crippen LogP contribution in [0, 0.1) is 0 Å². The lowest BCUT2D eigenvalue weighted by molar-refractivity contribution is -0.143. The fraction of sp³-hybridized carbons (Fsp3) is 0.750. The Bertz CT molecular complexity index is 450. The Morgan fingerprint density at radius 3 is 2.86 bits per heavy atom. The summed E-state index contributed by atoms with van der Waals surface area (Å²) >= 11 is 0. The summed E-state index contributed by atoms with van der Waals surface area (Å²) in [6.45, 7) is 1.70. The maximum Gasteiger partial charge on any atom is 0.250 e. The van der Waals surface area contributed by atoms with Gasteiger partial charge >= 0.3 is 0 Å². The first-order chi connectivity index (χ1) is 10.5. The second-order valence-corrected chi connectivity index (χ2v) is 6.42. The van der Waals surface area contributed by atoms with Crippen molar-refractivity contribution >= 4 is 11.8 Å². The molecule has 0 aromatic rings. The van der Waals surface area contributed by atoms with Gasteiger partial charge in [-0.3, -0.25) is 14.5 Å². The van der Waals surface area contributed by atoms with Gasteiger partial charge in [-0.2, -0.15) is 0 Å². The van der Waals surface area contributed by atoms with Crippen LogP contribution in [0.4, 0.5) is 0 Å². The molecular formula is C16H27N3O3. The minimum Gasteiger partial charge on any atom is -0.379 e. The van der Waals surface area contributed by atoms with Crippen LogP contribution in [-0.2, 0) is 9.59 Å². The lowest BCUT2D eigenvalue weighted by Gasteiger charge is -2.36. The number of nitrogens with two attached hydrogens (primary N) is 1. The predicted molar refractivity (Wildman–Crippen MR) is 84.0 cm³/mol. The molecule has 22 heavy (non-hydrogen) atoms. The van der Waals surface area contributed by atoms with Crippen LogP contribution >= 0.6 is 0 Å². The standard InChI is InChI=1S/C16H27N3O3/c17-15(21)16(22)8-4-10-19(12-16)11-14(20)18-9-7-13-5-2-1-3-6-13/h5,22H,1-4,6-12H2,(H2,17,21)(H,18,20). The third-order valence-corrected chi connectivity index (χ3v) is 4.53. The highest BCUT2D eigenvalue weighted by Gasteiger charge is 2.38. The van der Waals surface area contributed by atoms with Gasteiger partial charge in [-0.1, -0.05) is 11.6 Å². The van der Waals surface area contributed by atoms with Gasteiger partial charge in [-0.05, 0) is 51.5 Å². The van der Waals surface area contributed by atoms with Crippen LogP contribution in [-0.4, -0.2) is 53.6 Å². The molecule has 1 heterocycles. The smallest absolute Gasteiger partial charge is 0.250 e. The normalized spacial score (nSPS) is 26.3. The number of hydrogen-bond donors (Lipinski definition) is 3. The van der Waals surface area contributed by atoms with E-state index in [1.165, 1.54) is 18.4 Å². The van der Waals surface area contributed by atoms with Crippen LogP contribution in [0.25, 0.3) is 0 Å². The van der Waals surface area contributed by atoms with Crippen molar-refractivity contribution in [3.8, 4) is 0 Å². The van der Waals surface area contributed by atoms with Gasteiger partial charge in [0.2, 0.25) is 5.91 Å². The molecule has 1 fully saturated rings. The van der Waals surface area contributed by atoms with E-state index in [0.29, 0.717) is 25.9 Å². The van der Waals surface area contributed by atoms with E-state index in [-0.39, 0.29) is 19.0 Å². The van der Waals surface area contributed by atoms with Crippen molar-refractivity contribution in [2.45, 2.75) is 50.5 Å². The topological polar surface area (TPSA) is 95.7 Å². The van der Waals surface area contributed by atoms with E-state index in [1.807, 2.05) is 0 Å². The van der Waals surface area contributed by atoms with Gasteiger partial charge < -0.3 is 16.2 Å². The molecule has 1 atom stereocenters. The number of likely N-dealkylation sites (tertiary alicyclic amines) is 1. The van der Waals surface area contributed by atoms with E-state index in [1.54, 1.807) is 4.90 Å². The number of rotatable bonds is 6. The molecule has 0 bridgehead atoms. The molecule has 1 aliphatic carbocycles. The van der Waals surface area contributed by atoms with E-state index < -0.39 is 11.5 Å². The van der Waals surface area contributed by atoms with Crippen molar-refractivity contribution in [2.24, 2.45) is 5.73 Å². The zero-order valence-corrected chi connectivity index (χ0v) is 13.1. The van der Waals surface area contributed by atoms with Gasteiger partial charge in [0.1, 0.15) is 0 Å². The number of nitrogens with zero attached hydrogens (tertiary/aromatic N) is 1. The second-order valence-electron chi connectivity index (χ2n) is 6.42. The largest absolute Gasteiger partial charge is 0.379 e. The molecule has 0 spiro atoms. The van der Waals surface area contributed by atoms with Crippen LogP contribution in [0.2, 0.25) is 0 Å². The van der Waals surface area contributed by atoms with Crippen molar-refractivity contribution in [1.82, 2.24) is 10.2 Å². The molecule has 2 amide bonds. The fourth-order valence-corrected chi connectivity index (χ4v) is 3.21. The molecule has 1 unspecified atom stereocenters. The summed E-state index contributed by atoms with van der Waals surface area (Å²) in [5.74, 6) is -0.771. The summed E-state index contributed by atoms with van der Waals surface area (Å²) in [6.07, 6.45) is 9.06. The molecule has 4 N–H and O–H groups in total. The monoisotopic (exact) mass is 309 g/mol. The molecule has 0 radical (unpaired) electrons. The molecular weight excluding hydrogens is 282 g/mol. The predicted octanol–water partition coefficient (Wildman–Crippen LogP) is 0.305. The zero-order valence-electron chi connectivity index (χ0n) is 13.1. The fourth-order valence-electron chi connectivity index (χ4n) is 3.21. The molecule has 1 saturated heterocycles. The number of hydrogen-bond acceptors (Lipinski definition) is 4. The molecule has 1 aliphatic heterocycles. The van der Waals surface area contributed by atoms with Gasteiger partial charge in [0, 0.05) is 13.1 Å². The number of allylic oxidation sites excluding steroid dienone is 1. The van der Waals surface area contributed by atoms with Gasteiger partial charge in [-0.25, -0.2) is 0 Å². The number of carbonyl (C=O) groups excluding carboxylic acids is 2.